The molecule has 1 N–H and O–H groups in total. The van der Waals surface area contributed by atoms with Crippen molar-refractivity contribution < 1.29 is 19.1 Å². The number of carbonyl (C=O) groups excluding carboxylic acids is 3. The quantitative estimate of drug-likeness (QED) is 0.664. The number of hydrogen-bond donors (Lipinski definition) is 1. The summed E-state index contributed by atoms with van der Waals surface area (Å²) in [5, 5.41) is 3.22. The molecular weight excluding hydrogens is 388 g/mol. The molecule has 0 unspecified atom stereocenters. The summed E-state index contributed by atoms with van der Waals surface area (Å²) in [5.41, 5.74) is 0.408. The Labute approximate surface area is 169 Å². The summed E-state index contributed by atoms with van der Waals surface area (Å²) in [6, 6.07) is 5.62. The highest BCUT2D eigenvalue weighted by molar-refractivity contribution is 7.98. The first kappa shape index (κ1) is 21.6. The van der Waals surface area contributed by atoms with Gasteiger partial charge in [-0.15, -0.1) is 0 Å². The van der Waals surface area contributed by atoms with Crippen LogP contribution < -0.4 is 5.32 Å². The minimum Gasteiger partial charge on any atom is -0.454 e. The Morgan fingerprint density at radius 2 is 1.85 bits per heavy atom. The molecule has 2 amide bonds. The normalized spacial score (nSPS) is 15.1. The number of carbonyl (C=O) groups is 3. The molecule has 0 saturated carbocycles. The topological polar surface area (TPSA) is 75.7 Å². The van der Waals surface area contributed by atoms with Gasteiger partial charge in [0.25, 0.3) is 11.8 Å². The maximum atomic E-state index is 12.4. The van der Waals surface area contributed by atoms with E-state index in [9.17, 15) is 14.4 Å². The van der Waals surface area contributed by atoms with Crippen molar-refractivity contribution in [2.75, 3.05) is 31.7 Å². The van der Waals surface area contributed by atoms with E-state index in [1.807, 2.05) is 6.26 Å². The van der Waals surface area contributed by atoms with Gasteiger partial charge in [-0.05, 0) is 62.0 Å². The van der Waals surface area contributed by atoms with Gasteiger partial charge in [-0.25, -0.2) is 4.79 Å². The average Bonchev–Trinajstić information content (AvgIpc) is 2.70. The SMILES string of the molecule is CSCC[C@H](NC(=O)c1ccc(Cl)cc1)C(=O)OCC(=O)N1CCCCC1. The van der Waals surface area contributed by atoms with Gasteiger partial charge < -0.3 is 15.0 Å². The Kier molecular flexibility index (Phi) is 8.94. The number of thioether (sulfide) groups is 1. The van der Waals surface area contributed by atoms with Gasteiger partial charge in [0.05, 0.1) is 0 Å². The largest absolute Gasteiger partial charge is 0.454 e. The summed E-state index contributed by atoms with van der Waals surface area (Å²) < 4.78 is 5.20. The predicted molar refractivity (Wildman–Crippen MR) is 107 cm³/mol. The zero-order valence-electron chi connectivity index (χ0n) is 15.4. The molecule has 0 aromatic heterocycles. The number of halogens is 1. The van der Waals surface area contributed by atoms with Gasteiger partial charge in [-0.1, -0.05) is 11.6 Å². The minimum absolute atomic E-state index is 0.185. The van der Waals surface area contributed by atoms with E-state index in [2.05, 4.69) is 5.32 Å². The van der Waals surface area contributed by atoms with E-state index in [1.165, 1.54) is 0 Å². The highest BCUT2D eigenvalue weighted by Gasteiger charge is 2.25. The third-order valence-corrected chi connectivity index (χ3v) is 5.25. The molecule has 148 valence electrons. The van der Waals surface area contributed by atoms with Crippen LogP contribution in [0.2, 0.25) is 5.02 Å². The van der Waals surface area contributed by atoms with Crippen molar-refractivity contribution in [1.29, 1.82) is 0 Å². The third-order valence-electron chi connectivity index (χ3n) is 4.35. The number of nitrogens with zero attached hydrogens (tertiary/aromatic N) is 1. The van der Waals surface area contributed by atoms with Crippen LogP contribution >= 0.6 is 23.4 Å². The predicted octanol–water partition coefficient (Wildman–Crippen LogP) is 2.75. The Morgan fingerprint density at radius 1 is 1.19 bits per heavy atom. The number of piperidine rings is 1. The molecular formula is C19H25ClN2O4S. The van der Waals surface area contributed by atoms with Crippen LogP contribution in [0, 0.1) is 0 Å². The maximum absolute atomic E-state index is 12.4. The second-order valence-electron chi connectivity index (χ2n) is 6.36. The second kappa shape index (κ2) is 11.2. The molecule has 1 aromatic rings. The van der Waals surface area contributed by atoms with Crippen molar-refractivity contribution >= 4 is 41.1 Å². The van der Waals surface area contributed by atoms with Crippen LogP contribution in [0.4, 0.5) is 0 Å². The van der Waals surface area contributed by atoms with Crippen molar-refractivity contribution in [3.05, 3.63) is 34.9 Å². The standard InChI is InChI=1S/C19H25ClN2O4S/c1-27-12-9-16(21-18(24)14-5-7-15(20)8-6-14)19(25)26-13-17(23)22-10-3-2-4-11-22/h5-8,16H,2-4,9-13H2,1H3,(H,21,24)/t16-/m0/s1. The van der Waals surface area contributed by atoms with E-state index < -0.39 is 12.0 Å². The smallest absolute Gasteiger partial charge is 0.329 e. The Morgan fingerprint density at radius 3 is 2.48 bits per heavy atom. The first-order chi connectivity index (χ1) is 13.0. The van der Waals surface area contributed by atoms with E-state index in [0.717, 1.165) is 19.3 Å². The summed E-state index contributed by atoms with van der Waals surface area (Å²) in [6.45, 7) is 1.13. The van der Waals surface area contributed by atoms with E-state index in [-0.39, 0.29) is 18.4 Å². The number of nitrogens with one attached hydrogen (secondary N) is 1. The highest BCUT2D eigenvalue weighted by Crippen LogP contribution is 2.11. The van der Waals surface area contributed by atoms with Crippen LogP contribution in [0.1, 0.15) is 36.0 Å². The first-order valence-corrected chi connectivity index (χ1v) is 10.8. The fourth-order valence-electron chi connectivity index (χ4n) is 2.80. The van der Waals surface area contributed by atoms with Gasteiger partial charge >= 0.3 is 5.97 Å². The molecule has 1 saturated heterocycles. The fraction of sp³-hybridized carbons (Fsp3) is 0.526. The summed E-state index contributed by atoms with van der Waals surface area (Å²) in [5.74, 6) is -0.467. The van der Waals surface area contributed by atoms with E-state index in [4.69, 9.17) is 16.3 Å². The molecule has 0 bridgehead atoms. The fourth-order valence-corrected chi connectivity index (χ4v) is 3.39. The number of esters is 1. The molecule has 1 fully saturated rings. The molecule has 1 aromatic carbocycles. The summed E-state index contributed by atoms with van der Waals surface area (Å²) >= 11 is 7.40. The van der Waals surface area contributed by atoms with Crippen molar-refractivity contribution in [1.82, 2.24) is 10.2 Å². The Balaban J connectivity index is 1.90. The van der Waals surface area contributed by atoms with E-state index >= 15 is 0 Å². The van der Waals surface area contributed by atoms with E-state index in [1.54, 1.807) is 40.9 Å². The lowest BCUT2D eigenvalue weighted by molar-refractivity contribution is -0.154. The minimum atomic E-state index is -0.796. The van der Waals surface area contributed by atoms with Crippen molar-refractivity contribution in [2.24, 2.45) is 0 Å². The molecule has 1 atom stereocenters. The summed E-state index contributed by atoms with van der Waals surface area (Å²) in [6.07, 6.45) is 5.43. The van der Waals surface area contributed by atoms with Gasteiger partial charge in [-0.2, -0.15) is 11.8 Å². The lowest BCUT2D eigenvalue weighted by Gasteiger charge is -2.26. The molecule has 0 spiro atoms. The highest BCUT2D eigenvalue weighted by atomic mass is 35.5. The van der Waals surface area contributed by atoms with Crippen LogP contribution in [0.3, 0.4) is 0 Å². The zero-order valence-corrected chi connectivity index (χ0v) is 17.0. The van der Waals surface area contributed by atoms with Gasteiger partial charge in [0.1, 0.15) is 6.04 Å². The first-order valence-electron chi connectivity index (χ1n) is 9.01. The molecule has 2 rings (SSSR count). The third kappa shape index (κ3) is 7.07. The number of ether oxygens (including phenoxy) is 1. The summed E-state index contributed by atoms with van der Waals surface area (Å²) in [4.78, 5) is 38.7. The van der Waals surface area contributed by atoms with Gasteiger partial charge in [0.2, 0.25) is 0 Å². The van der Waals surface area contributed by atoms with Crippen LogP contribution in [0.5, 0.6) is 0 Å². The summed E-state index contributed by atoms with van der Waals surface area (Å²) in [7, 11) is 0. The number of rotatable bonds is 8. The second-order valence-corrected chi connectivity index (χ2v) is 7.79. The van der Waals surface area contributed by atoms with Crippen LogP contribution in [0.25, 0.3) is 0 Å². The maximum Gasteiger partial charge on any atom is 0.329 e. The number of amides is 2. The molecule has 1 heterocycles. The van der Waals surface area contributed by atoms with Crippen LogP contribution in [-0.2, 0) is 14.3 Å². The van der Waals surface area contributed by atoms with Crippen molar-refractivity contribution in [3.8, 4) is 0 Å². The van der Waals surface area contributed by atoms with Crippen molar-refractivity contribution in [3.63, 3.8) is 0 Å². The van der Waals surface area contributed by atoms with Gasteiger partial charge in [0, 0.05) is 23.7 Å². The number of benzene rings is 1. The molecule has 0 radical (unpaired) electrons. The average molecular weight is 413 g/mol. The van der Waals surface area contributed by atoms with Crippen LogP contribution in [-0.4, -0.2) is 60.4 Å². The Bertz CT molecular complexity index is 648. The monoisotopic (exact) mass is 412 g/mol. The molecule has 1 aliphatic rings. The van der Waals surface area contributed by atoms with Gasteiger partial charge in [-0.3, -0.25) is 9.59 Å². The molecule has 0 aliphatic carbocycles. The van der Waals surface area contributed by atoms with Crippen LogP contribution in [0.15, 0.2) is 24.3 Å². The zero-order chi connectivity index (χ0) is 19.6. The van der Waals surface area contributed by atoms with Gasteiger partial charge in [0.15, 0.2) is 6.61 Å². The van der Waals surface area contributed by atoms with E-state index in [0.29, 0.717) is 35.8 Å². The Hall–Kier alpha value is -1.73. The number of likely N-dealkylation sites (tertiary alicyclic amines) is 1. The molecule has 6 nitrogen and oxygen atoms in total. The number of hydrogen-bond acceptors (Lipinski definition) is 5. The van der Waals surface area contributed by atoms with Crippen molar-refractivity contribution in [2.45, 2.75) is 31.7 Å². The molecule has 1 aliphatic heterocycles. The lowest BCUT2D eigenvalue weighted by Crippen LogP contribution is -2.44. The lowest BCUT2D eigenvalue weighted by atomic mass is 10.1. The molecule has 8 heteroatoms. The molecule has 27 heavy (non-hydrogen) atoms.